The van der Waals surface area contributed by atoms with E-state index in [9.17, 15) is 15.0 Å². The number of hydrogen-bond acceptors (Lipinski definition) is 3. The number of carboxylic acid groups (broad SMARTS) is 1. The van der Waals surface area contributed by atoms with Gasteiger partial charge in [0.25, 0.3) is 0 Å². The Kier molecular flexibility index (Phi) is 6.17. The van der Waals surface area contributed by atoms with E-state index in [-0.39, 0.29) is 30.9 Å². The molecule has 1 aliphatic rings. The molecule has 0 aromatic carbocycles. The van der Waals surface area contributed by atoms with Crippen LogP contribution in [-0.2, 0) is 0 Å². The van der Waals surface area contributed by atoms with E-state index in [4.69, 9.17) is 0 Å². The fourth-order valence-electron chi connectivity index (χ4n) is 2.19. The predicted octanol–water partition coefficient (Wildman–Crippen LogP) is -2.63. The van der Waals surface area contributed by atoms with Crippen LogP contribution in [0.15, 0.2) is 12.2 Å². The number of aliphatic hydroxyl groups excluding tert-OH is 1. The van der Waals surface area contributed by atoms with Crippen molar-refractivity contribution in [2.24, 2.45) is 5.41 Å². The van der Waals surface area contributed by atoms with Gasteiger partial charge in [-0.2, -0.15) is 0 Å². The fraction of sp³-hybridized carbons (Fsp3) is 0.727. The first-order chi connectivity index (χ1) is 6.99. The van der Waals surface area contributed by atoms with Gasteiger partial charge in [0.05, 0.1) is 0 Å². The number of amides is 1. The van der Waals surface area contributed by atoms with Gasteiger partial charge in [0.1, 0.15) is 6.09 Å². The molecule has 1 N–H and O–H groups in total. The summed E-state index contributed by atoms with van der Waals surface area (Å²) in [5.41, 5.74) is 0.864. The molecule has 0 bridgehead atoms. The third kappa shape index (κ3) is 3.86. The number of carbonyl (C=O) groups excluding carboxylic acids is 1. The Hall–Kier alpha value is -0.433. The molecule has 16 heavy (non-hydrogen) atoms. The van der Waals surface area contributed by atoms with Crippen molar-refractivity contribution in [3.8, 4) is 0 Å². The number of aliphatic hydroxyl groups is 1. The first kappa shape index (κ1) is 15.6. The van der Waals surface area contributed by atoms with E-state index < -0.39 is 6.09 Å². The Morgan fingerprint density at radius 1 is 1.50 bits per heavy atom. The molecule has 0 unspecified atom stereocenters. The molecular formula is C11H18LiNO3. The first-order valence-electron chi connectivity index (χ1n) is 5.20. The zero-order valence-electron chi connectivity index (χ0n) is 10.2. The van der Waals surface area contributed by atoms with E-state index in [1.165, 1.54) is 4.90 Å². The molecule has 1 rings (SSSR count). The SMILES string of the molecule is C=C(C)CC1(CO)CCN(C(=O)[O-])CC1.[Li+]. The molecule has 5 heteroatoms. The van der Waals surface area contributed by atoms with Gasteiger partial charge in [-0.25, -0.2) is 0 Å². The molecule has 1 amide bonds. The number of nitrogens with zero attached hydrogens (tertiary/aromatic N) is 1. The summed E-state index contributed by atoms with van der Waals surface area (Å²) in [6.07, 6.45) is 1.02. The van der Waals surface area contributed by atoms with Crippen molar-refractivity contribution in [1.82, 2.24) is 4.90 Å². The molecule has 0 spiro atoms. The number of likely N-dealkylation sites (tertiary alicyclic amines) is 1. The van der Waals surface area contributed by atoms with E-state index in [0.29, 0.717) is 25.9 Å². The third-order valence-corrected chi connectivity index (χ3v) is 3.09. The van der Waals surface area contributed by atoms with Gasteiger partial charge in [0.2, 0.25) is 0 Å². The normalized spacial score (nSPS) is 18.8. The minimum atomic E-state index is -1.11. The van der Waals surface area contributed by atoms with Crippen molar-refractivity contribution < 1.29 is 33.9 Å². The van der Waals surface area contributed by atoms with Crippen molar-refractivity contribution in [1.29, 1.82) is 0 Å². The van der Waals surface area contributed by atoms with Crippen LogP contribution < -0.4 is 24.0 Å². The summed E-state index contributed by atoms with van der Waals surface area (Å²) in [6, 6.07) is 0. The van der Waals surface area contributed by atoms with Gasteiger partial charge in [-0.05, 0) is 26.2 Å². The molecule has 0 aromatic rings. The number of hydrogen-bond donors (Lipinski definition) is 1. The third-order valence-electron chi connectivity index (χ3n) is 3.09. The minimum Gasteiger partial charge on any atom is -0.530 e. The summed E-state index contributed by atoms with van der Waals surface area (Å²) in [5, 5.41) is 20.0. The van der Waals surface area contributed by atoms with Gasteiger partial charge in [-0.15, -0.1) is 6.58 Å². The second-order valence-corrected chi connectivity index (χ2v) is 4.54. The van der Waals surface area contributed by atoms with Gasteiger partial charge in [0, 0.05) is 25.1 Å². The Balaban J connectivity index is 0.00000225. The van der Waals surface area contributed by atoms with Gasteiger partial charge in [-0.1, -0.05) is 5.57 Å². The van der Waals surface area contributed by atoms with Crippen LogP contribution in [0.2, 0.25) is 0 Å². The standard InChI is InChI=1S/C11H19NO3.Li/c1-9(2)7-11(8-13)3-5-12(6-4-11)10(14)15;/h13H,1,3-8H2,2H3,(H,14,15);/q;+1/p-1. The summed E-state index contributed by atoms with van der Waals surface area (Å²) in [6.45, 7) is 6.78. The molecule has 0 aliphatic carbocycles. The van der Waals surface area contributed by atoms with E-state index >= 15 is 0 Å². The molecule has 0 radical (unpaired) electrons. The van der Waals surface area contributed by atoms with Crippen LogP contribution in [0, 0.1) is 5.41 Å². The topological polar surface area (TPSA) is 63.6 Å². The zero-order valence-corrected chi connectivity index (χ0v) is 10.2. The van der Waals surface area contributed by atoms with Crippen molar-refractivity contribution in [3.05, 3.63) is 12.2 Å². The minimum absolute atomic E-state index is 0. The molecule has 0 atom stereocenters. The molecule has 1 saturated heterocycles. The quantitative estimate of drug-likeness (QED) is 0.417. The molecule has 4 nitrogen and oxygen atoms in total. The molecule has 1 fully saturated rings. The van der Waals surface area contributed by atoms with Gasteiger partial charge >= 0.3 is 18.9 Å². The predicted molar refractivity (Wildman–Crippen MR) is 55.2 cm³/mol. The van der Waals surface area contributed by atoms with Crippen LogP contribution in [0.4, 0.5) is 4.79 Å². The largest absolute Gasteiger partial charge is 1.00 e. The van der Waals surface area contributed by atoms with Crippen molar-refractivity contribution >= 4 is 6.09 Å². The molecule has 86 valence electrons. The van der Waals surface area contributed by atoms with Crippen molar-refractivity contribution in [2.75, 3.05) is 19.7 Å². The van der Waals surface area contributed by atoms with Gasteiger partial charge < -0.3 is 19.9 Å². The van der Waals surface area contributed by atoms with Crippen molar-refractivity contribution in [3.63, 3.8) is 0 Å². The summed E-state index contributed by atoms with van der Waals surface area (Å²) in [4.78, 5) is 11.9. The Labute approximate surface area is 109 Å². The number of allylic oxidation sites excluding steroid dienone is 1. The van der Waals surface area contributed by atoms with Crippen LogP contribution in [0.3, 0.4) is 0 Å². The summed E-state index contributed by atoms with van der Waals surface area (Å²) >= 11 is 0. The fourth-order valence-corrected chi connectivity index (χ4v) is 2.19. The molecule has 1 aliphatic heterocycles. The zero-order chi connectivity index (χ0) is 11.5. The van der Waals surface area contributed by atoms with Crippen LogP contribution in [0.1, 0.15) is 26.2 Å². The second kappa shape index (κ2) is 6.34. The maximum atomic E-state index is 10.6. The average molecular weight is 219 g/mol. The van der Waals surface area contributed by atoms with Crippen molar-refractivity contribution in [2.45, 2.75) is 26.2 Å². The molecular weight excluding hydrogens is 201 g/mol. The van der Waals surface area contributed by atoms with E-state index in [0.717, 1.165) is 12.0 Å². The molecule has 0 aromatic heterocycles. The van der Waals surface area contributed by atoms with Gasteiger partial charge in [0.15, 0.2) is 0 Å². The smallest absolute Gasteiger partial charge is 0.530 e. The number of rotatable bonds is 3. The van der Waals surface area contributed by atoms with Crippen LogP contribution in [0.25, 0.3) is 0 Å². The van der Waals surface area contributed by atoms with Crippen LogP contribution in [-0.4, -0.2) is 35.8 Å². The van der Waals surface area contributed by atoms with E-state index in [2.05, 4.69) is 6.58 Å². The summed E-state index contributed by atoms with van der Waals surface area (Å²) in [7, 11) is 0. The van der Waals surface area contributed by atoms with Gasteiger partial charge in [-0.3, -0.25) is 0 Å². The first-order valence-corrected chi connectivity index (χ1v) is 5.20. The maximum Gasteiger partial charge on any atom is 1.00 e. The van der Waals surface area contributed by atoms with E-state index in [1.54, 1.807) is 0 Å². The number of carbonyl (C=O) groups is 1. The molecule has 1 heterocycles. The Morgan fingerprint density at radius 2 is 2.00 bits per heavy atom. The van der Waals surface area contributed by atoms with E-state index in [1.807, 2.05) is 6.92 Å². The monoisotopic (exact) mass is 219 g/mol. The Morgan fingerprint density at radius 3 is 2.31 bits per heavy atom. The summed E-state index contributed by atoms with van der Waals surface area (Å²) in [5.74, 6) is 0. The second-order valence-electron chi connectivity index (χ2n) is 4.54. The molecule has 0 saturated carbocycles. The maximum absolute atomic E-state index is 10.6. The number of piperidine rings is 1. The van der Waals surface area contributed by atoms with Crippen LogP contribution >= 0.6 is 0 Å². The van der Waals surface area contributed by atoms with Crippen LogP contribution in [0.5, 0.6) is 0 Å². The Bertz CT molecular complexity index is 260. The average Bonchev–Trinajstić information content (AvgIpc) is 2.17. The summed E-state index contributed by atoms with van der Waals surface area (Å²) < 4.78 is 0.